The van der Waals surface area contributed by atoms with E-state index in [-0.39, 0.29) is 22.4 Å². The number of amides is 1. The quantitative estimate of drug-likeness (QED) is 0.836. The highest BCUT2D eigenvalue weighted by atomic mass is 16.5. The van der Waals surface area contributed by atoms with Crippen molar-refractivity contribution in [2.24, 2.45) is 5.41 Å². The standard InChI is InChI=1S/C18H24N4O3/c1-13-3-4-15-20-9-14(17(24)22(15)10-13)16(23)21-11-18(12-25-2)5-7-19-8-6-18/h3-4,9-10,19H,5-8,11-12H2,1-2H3,(H,21,23). The van der Waals surface area contributed by atoms with Crippen LogP contribution in [0.4, 0.5) is 0 Å². The Morgan fingerprint density at radius 1 is 1.40 bits per heavy atom. The lowest BCUT2D eigenvalue weighted by molar-refractivity contribution is 0.0511. The van der Waals surface area contributed by atoms with E-state index in [9.17, 15) is 9.59 Å². The molecule has 0 aliphatic carbocycles. The van der Waals surface area contributed by atoms with Crippen LogP contribution >= 0.6 is 0 Å². The fourth-order valence-electron chi connectivity index (χ4n) is 3.34. The second-order valence-electron chi connectivity index (χ2n) is 6.78. The molecule has 1 amide bonds. The first-order valence-electron chi connectivity index (χ1n) is 8.51. The third-order valence-corrected chi connectivity index (χ3v) is 4.83. The summed E-state index contributed by atoms with van der Waals surface area (Å²) in [6, 6.07) is 3.65. The van der Waals surface area contributed by atoms with Gasteiger partial charge in [-0.25, -0.2) is 4.98 Å². The number of pyridine rings is 1. The largest absolute Gasteiger partial charge is 0.384 e. The first-order chi connectivity index (χ1) is 12.0. The molecule has 0 unspecified atom stereocenters. The van der Waals surface area contributed by atoms with Gasteiger partial charge in [0.15, 0.2) is 0 Å². The Labute approximate surface area is 146 Å². The lowest BCUT2D eigenvalue weighted by atomic mass is 9.79. The van der Waals surface area contributed by atoms with Gasteiger partial charge in [0.05, 0.1) is 6.61 Å². The molecule has 1 aliphatic heterocycles. The number of methoxy groups -OCH3 is 1. The van der Waals surface area contributed by atoms with Gasteiger partial charge in [0.2, 0.25) is 0 Å². The zero-order chi connectivity index (χ0) is 17.9. The minimum Gasteiger partial charge on any atom is -0.384 e. The van der Waals surface area contributed by atoms with Crippen LogP contribution in [0.1, 0.15) is 28.8 Å². The van der Waals surface area contributed by atoms with Crippen LogP contribution in [0.15, 0.2) is 29.3 Å². The zero-order valence-corrected chi connectivity index (χ0v) is 14.7. The van der Waals surface area contributed by atoms with E-state index in [1.807, 2.05) is 13.0 Å². The number of carbonyl (C=O) groups excluding carboxylic acids is 1. The molecule has 2 N–H and O–H groups in total. The second-order valence-corrected chi connectivity index (χ2v) is 6.78. The van der Waals surface area contributed by atoms with Crippen LogP contribution in [-0.4, -0.2) is 48.6 Å². The van der Waals surface area contributed by atoms with Crippen LogP contribution in [0, 0.1) is 12.3 Å². The van der Waals surface area contributed by atoms with E-state index in [2.05, 4.69) is 15.6 Å². The van der Waals surface area contributed by atoms with Crippen LogP contribution < -0.4 is 16.2 Å². The molecule has 1 saturated heterocycles. The maximum absolute atomic E-state index is 12.6. The van der Waals surface area contributed by atoms with Crippen molar-refractivity contribution >= 4 is 11.6 Å². The van der Waals surface area contributed by atoms with Gasteiger partial charge < -0.3 is 15.4 Å². The maximum Gasteiger partial charge on any atom is 0.270 e. The average Bonchev–Trinajstić information content (AvgIpc) is 2.62. The van der Waals surface area contributed by atoms with Crippen molar-refractivity contribution in [1.29, 1.82) is 0 Å². The SMILES string of the molecule is COCC1(CNC(=O)c2cnc3ccc(C)cn3c2=O)CCNCC1. The van der Waals surface area contributed by atoms with Gasteiger partial charge in [-0.3, -0.25) is 14.0 Å². The fraction of sp³-hybridized carbons (Fsp3) is 0.500. The minimum atomic E-state index is -0.387. The highest BCUT2D eigenvalue weighted by Gasteiger charge is 2.32. The molecule has 0 spiro atoms. The molecule has 0 atom stereocenters. The molecule has 0 saturated carbocycles. The molecule has 1 fully saturated rings. The van der Waals surface area contributed by atoms with E-state index < -0.39 is 0 Å². The highest BCUT2D eigenvalue weighted by Crippen LogP contribution is 2.28. The molecule has 3 heterocycles. The summed E-state index contributed by atoms with van der Waals surface area (Å²) in [6.45, 7) is 4.77. The number of fused-ring (bicyclic) bond motifs is 1. The second kappa shape index (κ2) is 7.33. The molecule has 2 aromatic rings. The summed E-state index contributed by atoms with van der Waals surface area (Å²) in [6.07, 6.45) is 4.90. The first-order valence-corrected chi connectivity index (χ1v) is 8.51. The normalized spacial score (nSPS) is 16.7. The summed E-state index contributed by atoms with van der Waals surface area (Å²) >= 11 is 0. The molecular formula is C18H24N4O3. The lowest BCUT2D eigenvalue weighted by Gasteiger charge is -2.37. The number of nitrogens with one attached hydrogen (secondary N) is 2. The van der Waals surface area contributed by atoms with Crippen molar-refractivity contribution in [3.63, 3.8) is 0 Å². The van der Waals surface area contributed by atoms with Gasteiger partial charge in [0, 0.05) is 31.5 Å². The zero-order valence-electron chi connectivity index (χ0n) is 14.7. The Hall–Kier alpha value is -2.25. The van der Waals surface area contributed by atoms with Crippen LogP contribution in [0.2, 0.25) is 0 Å². The van der Waals surface area contributed by atoms with Gasteiger partial charge in [-0.05, 0) is 44.5 Å². The summed E-state index contributed by atoms with van der Waals surface area (Å²) in [7, 11) is 1.67. The fourth-order valence-corrected chi connectivity index (χ4v) is 3.34. The van der Waals surface area contributed by atoms with Crippen molar-refractivity contribution < 1.29 is 9.53 Å². The van der Waals surface area contributed by atoms with Gasteiger partial charge in [0.25, 0.3) is 11.5 Å². The maximum atomic E-state index is 12.6. The Morgan fingerprint density at radius 3 is 2.88 bits per heavy atom. The Balaban J connectivity index is 1.80. The summed E-state index contributed by atoms with van der Waals surface area (Å²) < 4.78 is 6.78. The lowest BCUT2D eigenvalue weighted by Crippen LogP contribution is -2.47. The van der Waals surface area contributed by atoms with Crippen molar-refractivity contribution in [2.75, 3.05) is 33.4 Å². The Bertz CT molecular complexity index is 819. The molecule has 0 aromatic carbocycles. The van der Waals surface area contributed by atoms with Crippen LogP contribution in [-0.2, 0) is 4.74 Å². The minimum absolute atomic E-state index is 0.0598. The van der Waals surface area contributed by atoms with Crippen LogP contribution in [0.5, 0.6) is 0 Å². The molecule has 2 aromatic heterocycles. The van der Waals surface area contributed by atoms with E-state index in [0.717, 1.165) is 31.5 Å². The van der Waals surface area contributed by atoms with Crippen molar-refractivity contribution in [3.8, 4) is 0 Å². The number of ether oxygens (including phenoxy) is 1. The van der Waals surface area contributed by atoms with E-state index in [1.165, 1.54) is 10.6 Å². The van der Waals surface area contributed by atoms with E-state index in [0.29, 0.717) is 18.8 Å². The molecule has 0 bridgehead atoms. The van der Waals surface area contributed by atoms with E-state index in [1.54, 1.807) is 19.4 Å². The number of piperidine rings is 1. The first kappa shape index (κ1) is 17.6. The monoisotopic (exact) mass is 344 g/mol. The molecule has 1 aliphatic rings. The highest BCUT2D eigenvalue weighted by molar-refractivity contribution is 5.93. The number of hydrogen-bond donors (Lipinski definition) is 2. The smallest absolute Gasteiger partial charge is 0.270 e. The van der Waals surface area contributed by atoms with Gasteiger partial charge in [-0.1, -0.05) is 6.07 Å². The summed E-state index contributed by atoms with van der Waals surface area (Å²) in [5.41, 5.74) is 1.08. The third kappa shape index (κ3) is 3.72. The molecule has 7 nitrogen and oxygen atoms in total. The number of aromatic nitrogens is 2. The predicted octanol–water partition coefficient (Wildman–Crippen LogP) is 0.749. The van der Waals surface area contributed by atoms with Crippen molar-refractivity contribution in [3.05, 3.63) is 46.0 Å². The van der Waals surface area contributed by atoms with E-state index >= 15 is 0 Å². The van der Waals surface area contributed by atoms with Gasteiger partial charge in [-0.2, -0.15) is 0 Å². The van der Waals surface area contributed by atoms with Crippen molar-refractivity contribution in [1.82, 2.24) is 20.0 Å². The number of rotatable bonds is 5. The van der Waals surface area contributed by atoms with E-state index in [4.69, 9.17) is 4.74 Å². The Kier molecular flexibility index (Phi) is 5.15. The summed E-state index contributed by atoms with van der Waals surface area (Å²) in [4.78, 5) is 29.4. The topological polar surface area (TPSA) is 84.7 Å². The number of aryl methyl sites for hydroxylation is 1. The van der Waals surface area contributed by atoms with Gasteiger partial charge in [-0.15, -0.1) is 0 Å². The Morgan fingerprint density at radius 2 is 2.16 bits per heavy atom. The molecule has 7 heteroatoms. The molecular weight excluding hydrogens is 320 g/mol. The summed E-state index contributed by atoms with van der Waals surface area (Å²) in [5.74, 6) is -0.387. The number of carbonyl (C=O) groups is 1. The van der Waals surface area contributed by atoms with Crippen LogP contribution in [0.25, 0.3) is 5.65 Å². The predicted molar refractivity (Wildman–Crippen MR) is 94.9 cm³/mol. The summed E-state index contributed by atoms with van der Waals surface area (Å²) in [5, 5.41) is 6.23. The van der Waals surface area contributed by atoms with Crippen molar-refractivity contribution in [2.45, 2.75) is 19.8 Å². The van der Waals surface area contributed by atoms with Gasteiger partial charge in [0.1, 0.15) is 11.2 Å². The molecule has 3 rings (SSSR count). The third-order valence-electron chi connectivity index (χ3n) is 4.83. The van der Waals surface area contributed by atoms with Crippen LogP contribution in [0.3, 0.4) is 0 Å². The van der Waals surface area contributed by atoms with Gasteiger partial charge >= 0.3 is 0 Å². The number of hydrogen-bond acceptors (Lipinski definition) is 5. The molecule has 25 heavy (non-hydrogen) atoms. The average molecular weight is 344 g/mol. The molecule has 134 valence electrons. The number of nitrogens with zero attached hydrogens (tertiary/aromatic N) is 2. The molecule has 0 radical (unpaired) electrons.